The zero-order valence-electron chi connectivity index (χ0n) is 11.7. The Morgan fingerprint density at radius 2 is 1.90 bits per heavy atom. The molecular weight excluding hydrogens is 302 g/mol. The summed E-state index contributed by atoms with van der Waals surface area (Å²) in [5.41, 5.74) is 0. The van der Waals surface area contributed by atoms with Gasteiger partial charge in [-0.25, -0.2) is 26.9 Å². The molecule has 3 aliphatic rings. The molecule has 0 aromatic rings. The third kappa shape index (κ3) is 3.30. The van der Waals surface area contributed by atoms with Gasteiger partial charge in [-0.15, -0.1) is 0 Å². The fourth-order valence-corrected chi connectivity index (χ4v) is 4.86. The molecule has 1 saturated heterocycles. The number of sulfonamides is 1. The van der Waals surface area contributed by atoms with Crippen molar-refractivity contribution in [2.24, 2.45) is 4.99 Å². The normalized spacial score (nSPS) is 37.3. The molecule has 2 aliphatic carbocycles. The molecule has 0 amide bonds. The topological polar surface area (TPSA) is 67.8 Å². The summed E-state index contributed by atoms with van der Waals surface area (Å²) < 4.78 is 58.9. The van der Waals surface area contributed by atoms with E-state index in [-0.39, 0.29) is 24.9 Å². The van der Waals surface area contributed by atoms with E-state index in [9.17, 15) is 17.2 Å². The van der Waals surface area contributed by atoms with E-state index in [1.807, 2.05) is 0 Å². The number of hydrogen-bond donors (Lipinski definition) is 1. The summed E-state index contributed by atoms with van der Waals surface area (Å²) in [4.78, 5) is 4.33. The first-order chi connectivity index (χ1) is 9.86. The van der Waals surface area contributed by atoms with Gasteiger partial charge in [-0.3, -0.25) is 0 Å². The fourth-order valence-electron chi connectivity index (χ4n) is 3.31. The molecule has 0 aromatic heterocycles. The maximum atomic E-state index is 13.4. The highest BCUT2D eigenvalue weighted by molar-refractivity contribution is 7.90. The average Bonchev–Trinajstić information content (AvgIpc) is 2.40. The molecule has 1 aliphatic heterocycles. The fraction of sp³-hybridized carbons (Fsp3) is 0.923. The summed E-state index contributed by atoms with van der Waals surface area (Å²) in [5, 5.41) is -1.19. The number of aliphatic imine (C=N–C) groups is 1. The molecule has 2 atom stereocenters. The predicted octanol–water partition coefficient (Wildman–Crippen LogP) is 2.18. The van der Waals surface area contributed by atoms with Crippen molar-refractivity contribution in [1.82, 2.24) is 4.72 Å². The zero-order valence-corrected chi connectivity index (χ0v) is 12.5. The lowest BCUT2D eigenvalue weighted by atomic mass is 9.93. The number of nitrogens with one attached hydrogen (secondary N) is 1. The second kappa shape index (κ2) is 5.37. The van der Waals surface area contributed by atoms with Gasteiger partial charge < -0.3 is 4.74 Å². The van der Waals surface area contributed by atoms with Crippen molar-refractivity contribution in [3.8, 4) is 0 Å². The molecule has 5 nitrogen and oxygen atoms in total. The first-order valence-electron chi connectivity index (χ1n) is 7.50. The number of hydrogen-bond acceptors (Lipinski definition) is 4. The standard InChI is InChI=1S/C13H20F2N2O3S/c14-13(15)7-6-10-11(8-13)21(18,19)17-12(20-10)16-9-4-2-1-3-5-9/h9-11H,1-8H2,(H,16,17)/t10-,11+/m0/s1. The highest BCUT2D eigenvalue weighted by Gasteiger charge is 2.51. The number of rotatable bonds is 1. The summed E-state index contributed by atoms with van der Waals surface area (Å²) in [6.07, 6.45) is 3.48. The van der Waals surface area contributed by atoms with Gasteiger partial charge in [0, 0.05) is 12.8 Å². The van der Waals surface area contributed by atoms with Gasteiger partial charge in [-0.1, -0.05) is 19.3 Å². The predicted molar refractivity (Wildman–Crippen MR) is 73.8 cm³/mol. The molecule has 3 rings (SSSR count). The number of alkyl halides is 2. The molecule has 2 saturated carbocycles. The van der Waals surface area contributed by atoms with E-state index < -0.39 is 33.7 Å². The Labute approximate surface area is 123 Å². The first-order valence-corrected chi connectivity index (χ1v) is 9.04. The maximum absolute atomic E-state index is 13.4. The van der Waals surface area contributed by atoms with Crippen LogP contribution >= 0.6 is 0 Å². The van der Waals surface area contributed by atoms with Crippen LogP contribution in [0.2, 0.25) is 0 Å². The lowest BCUT2D eigenvalue weighted by Gasteiger charge is -2.39. The van der Waals surface area contributed by atoms with E-state index in [0.717, 1.165) is 25.7 Å². The van der Waals surface area contributed by atoms with Gasteiger partial charge in [0.1, 0.15) is 11.4 Å². The first kappa shape index (κ1) is 15.0. The van der Waals surface area contributed by atoms with Crippen molar-refractivity contribution >= 4 is 16.0 Å². The summed E-state index contributed by atoms with van der Waals surface area (Å²) in [6.45, 7) is 0. The van der Waals surface area contributed by atoms with E-state index in [1.54, 1.807) is 0 Å². The van der Waals surface area contributed by atoms with Gasteiger partial charge in [0.2, 0.25) is 15.9 Å². The van der Waals surface area contributed by atoms with Crippen LogP contribution in [0.5, 0.6) is 0 Å². The van der Waals surface area contributed by atoms with Crippen molar-refractivity contribution in [3.63, 3.8) is 0 Å². The Kier molecular flexibility index (Phi) is 3.83. The number of amidine groups is 1. The largest absolute Gasteiger partial charge is 0.460 e. The number of nitrogens with zero attached hydrogens (tertiary/aromatic N) is 1. The van der Waals surface area contributed by atoms with Crippen LogP contribution < -0.4 is 4.72 Å². The van der Waals surface area contributed by atoms with Crippen LogP contribution in [0.4, 0.5) is 8.78 Å². The molecule has 0 bridgehead atoms. The van der Waals surface area contributed by atoms with Gasteiger partial charge in [0.05, 0.1) is 6.04 Å². The van der Waals surface area contributed by atoms with E-state index >= 15 is 0 Å². The zero-order chi connectivity index (χ0) is 15.1. The Morgan fingerprint density at radius 1 is 1.19 bits per heavy atom. The van der Waals surface area contributed by atoms with Gasteiger partial charge in [0.25, 0.3) is 6.02 Å². The molecule has 3 fully saturated rings. The van der Waals surface area contributed by atoms with Gasteiger partial charge in [-0.2, -0.15) is 0 Å². The van der Waals surface area contributed by atoms with Crippen LogP contribution in [0, 0.1) is 0 Å². The average molecular weight is 322 g/mol. The number of ether oxygens (including phenoxy) is 1. The molecule has 21 heavy (non-hydrogen) atoms. The van der Waals surface area contributed by atoms with Crippen LogP contribution in [0.3, 0.4) is 0 Å². The number of halogens is 2. The Morgan fingerprint density at radius 3 is 2.62 bits per heavy atom. The Bertz CT molecular complexity index is 530. The summed E-state index contributed by atoms with van der Waals surface area (Å²) >= 11 is 0. The summed E-state index contributed by atoms with van der Waals surface area (Å²) in [6, 6.07) is 0.0615. The highest BCUT2D eigenvalue weighted by Crippen LogP contribution is 2.39. The molecule has 0 radical (unpaired) electrons. The second-order valence-corrected chi connectivity index (χ2v) is 8.07. The lowest BCUT2D eigenvalue weighted by Crippen LogP contribution is -2.57. The molecular formula is C13H20F2N2O3S. The highest BCUT2D eigenvalue weighted by atomic mass is 32.2. The van der Waals surface area contributed by atoms with E-state index in [1.165, 1.54) is 6.42 Å². The molecule has 8 heteroatoms. The minimum absolute atomic E-state index is 0.00614. The third-order valence-corrected chi connectivity index (χ3v) is 6.20. The minimum atomic E-state index is -3.84. The smallest absolute Gasteiger partial charge is 0.299 e. The number of fused-ring (bicyclic) bond motifs is 1. The molecule has 0 aromatic carbocycles. The van der Waals surface area contributed by atoms with Gasteiger partial charge in [0.15, 0.2) is 0 Å². The van der Waals surface area contributed by atoms with Crippen molar-refractivity contribution in [1.29, 1.82) is 0 Å². The monoisotopic (exact) mass is 322 g/mol. The van der Waals surface area contributed by atoms with E-state index in [0.29, 0.717) is 0 Å². The molecule has 1 N–H and O–H groups in total. The van der Waals surface area contributed by atoms with Crippen molar-refractivity contribution in [2.75, 3.05) is 0 Å². The van der Waals surface area contributed by atoms with E-state index in [2.05, 4.69) is 9.71 Å². The quantitative estimate of drug-likeness (QED) is 0.804. The summed E-state index contributed by atoms with van der Waals surface area (Å²) in [7, 11) is -3.84. The van der Waals surface area contributed by atoms with Crippen LogP contribution in [0.15, 0.2) is 4.99 Å². The van der Waals surface area contributed by atoms with E-state index in [4.69, 9.17) is 4.74 Å². The van der Waals surface area contributed by atoms with Crippen molar-refractivity contribution < 1.29 is 21.9 Å². The molecule has 1 heterocycles. The molecule has 120 valence electrons. The van der Waals surface area contributed by atoms with Crippen LogP contribution in [0.25, 0.3) is 0 Å². The van der Waals surface area contributed by atoms with Gasteiger partial charge in [-0.05, 0) is 19.3 Å². The van der Waals surface area contributed by atoms with Gasteiger partial charge >= 0.3 is 0 Å². The van der Waals surface area contributed by atoms with Crippen LogP contribution in [-0.4, -0.2) is 37.8 Å². The lowest BCUT2D eigenvalue weighted by molar-refractivity contribution is -0.0605. The second-order valence-electron chi connectivity index (χ2n) is 6.17. The van der Waals surface area contributed by atoms with Crippen molar-refractivity contribution in [3.05, 3.63) is 0 Å². The Hall–Kier alpha value is -0.920. The van der Waals surface area contributed by atoms with Crippen LogP contribution in [-0.2, 0) is 14.8 Å². The molecule has 0 spiro atoms. The molecule has 0 unspecified atom stereocenters. The Balaban J connectivity index is 1.76. The SMILES string of the molecule is O=S1(=O)NC(=NC2CCCCC2)O[C@H]2CCC(F)(F)C[C@H]21. The maximum Gasteiger partial charge on any atom is 0.299 e. The van der Waals surface area contributed by atoms with Crippen molar-refractivity contribution in [2.45, 2.75) is 74.7 Å². The van der Waals surface area contributed by atoms with Crippen LogP contribution in [0.1, 0.15) is 51.4 Å². The third-order valence-electron chi connectivity index (χ3n) is 4.47. The summed E-state index contributed by atoms with van der Waals surface area (Å²) in [5.74, 6) is -2.93. The minimum Gasteiger partial charge on any atom is -0.460 e.